The summed E-state index contributed by atoms with van der Waals surface area (Å²) in [6.45, 7) is 2.10. The van der Waals surface area contributed by atoms with Gasteiger partial charge in [0, 0.05) is 0 Å². The van der Waals surface area contributed by atoms with Crippen LogP contribution in [0.5, 0.6) is 0 Å². The fraction of sp³-hybridized carbons (Fsp3) is 0.750. The first-order valence-electron chi connectivity index (χ1n) is 2.89. The van der Waals surface area contributed by atoms with Crippen molar-refractivity contribution in [2.45, 2.75) is 13.3 Å². The van der Waals surface area contributed by atoms with Gasteiger partial charge in [0.15, 0.2) is 0 Å². The summed E-state index contributed by atoms with van der Waals surface area (Å²) in [5.74, 6) is 1.05. The van der Waals surface area contributed by atoms with E-state index in [1.807, 2.05) is 0 Å². The van der Waals surface area contributed by atoms with Gasteiger partial charge in [-0.1, -0.05) is 30.9 Å². The third-order valence-electron chi connectivity index (χ3n) is 0.448. The Morgan fingerprint density at radius 3 is 2.00 bits per heavy atom. The normalized spacial score (nSPS) is 9.15. The minimum atomic E-state index is -4.67. The Labute approximate surface area is 111 Å². The molecule has 0 aromatic heterocycles. The van der Waals surface area contributed by atoms with Crippen molar-refractivity contribution in [3.05, 3.63) is 0 Å². The molecule has 0 saturated carbocycles. The molecule has 0 bridgehead atoms. The quantitative estimate of drug-likeness (QED) is 0.294. The third-order valence-corrected chi connectivity index (χ3v) is 1.70. The largest absolute Gasteiger partial charge is 1.00 e. The molecule has 0 aliphatic heterocycles. The van der Waals surface area contributed by atoms with Crippen LogP contribution in [0.2, 0.25) is 0 Å². The zero-order valence-corrected chi connectivity index (χ0v) is 11.9. The van der Waals surface area contributed by atoms with Gasteiger partial charge >= 0.3 is 40.0 Å². The van der Waals surface area contributed by atoms with Crippen LogP contribution in [0.3, 0.4) is 0 Å². The van der Waals surface area contributed by atoms with Crippen LogP contribution in [-0.4, -0.2) is 27.6 Å². The topological polar surface area (TPSA) is 101 Å². The van der Waals surface area contributed by atoms with Crippen LogP contribution in [0.1, 0.15) is 14.8 Å². The fourth-order valence-corrected chi connectivity index (χ4v) is 0.858. The maximum atomic E-state index is 8.74. The molecule has 0 aromatic rings. The van der Waals surface area contributed by atoms with Crippen molar-refractivity contribution >= 4 is 38.7 Å². The van der Waals surface area contributed by atoms with Crippen molar-refractivity contribution < 1.29 is 48.5 Å². The monoisotopic (exact) mass is 257 g/mol. The summed E-state index contributed by atoms with van der Waals surface area (Å²) in [6, 6.07) is 0. The molecule has 0 aliphatic carbocycles. The summed E-state index contributed by atoms with van der Waals surface area (Å²) < 4.78 is 32.1. The van der Waals surface area contributed by atoms with Gasteiger partial charge in [0.25, 0.3) is 0 Å². The van der Waals surface area contributed by atoms with E-state index in [1.54, 1.807) is 11.8 Å². The predicted octanol–water partition coefficient (Wildman–Crippen LogP) is -2.16. The summed E-state index contributed by atoms with van der Waals surface area (Å²) in [6.07, 6.45) is 1.14. The van der Waals surface area contributed by atoms with E-state index in [0.29, 0.717) is 4.32 Å². The predicted molar refractivity (Wildman–Crippen MR) is 54.8 cm³/mol. The Kier molecular flexibility index (Phi) is 16.9. The molecule has 0 radical (unpaired) electrons. The maximum Gasteiger partial charge on any atom is 1.00 e. The first kappa shape index (κ1) is 19.6. The molecule has 9 heteroatoms. The van der Waals surface area contributed by atoms with Gasteiger partial charge in [-0.05, 0) is 12.2 Å². The standard InChI is InChI=1S/C4H9NS2.Na.H2O4S.H/c1-2-3-7-4(5)6;;1-5(2,3)4;/h2-3H2,1H3,(H2,5,6);;(H2,1,2,3,4);/q;+1;;-1. The zero-order valence-electron chi connectivity index (χ0n) is 8.43. The van der Waals surface area contributed by atoms with Crippen LogP contribution in [-0.2, 0) is 10.4 Å². The van der Waals surface area contributed by atoms with Gasteiger partial charge in [-0.2, -0.15) is 8.42 Å². The van der Waals surface area contributed by atoms with Crippen LogP contribution in [0.4, 0.5) is 0 Å². The Bertz CT molecular complexity index is 215. The van der Waals surface area contributed by atoms with Gasteiger partial charge in [0.2, 0.25) is 0 Å². The fourth-order valence-electron chi connectivity index (χ4n) is 0.203. The van der Waals surface area contributed by atoms with Crippen LogP contribution < -0.4 is 35.3 Å². The van der Waals surface area contributed by atoms with Gasteiger partial charge in [0.1, 0.15) is 4.32 Å². The molecule has 13 heavy (non-hydrogen) atoms. The van der Waals surface area contributed by atoms with E-state index in [4.69, 9.17) is 23.3 Å². The first-order valence-corrected chi connectivity index (χ1v) is 5.68. The van der Waals surface area contributed by atoms with Crippen LogP contribution >= 0.6 is 24.0 Å². The molecule has 0 unspecified atom stereocenters. The summed E-state index contributed by atoms with van der Waals surface area (Å²) in [5.41, 5.74) is 5.17. The molecule has 0 aliphatic rings. The second-order valence-corrected chi connectivity index (χ2v) is 4.35. The zero-order chi connectivity index (χ0) is 10.2. The van der Waals surface area contributed by atoms with Gasteiger partial charge in [-0.25, -0.2) is 0 Å². The first-order chi connectivity index (χ1) is 5.27. The van der Waals surface area contributed by atoms with Crippen LogP contribution in [0.25, 0.3) is 0 Å². The Morgan fingerprint density at radius 2 is 1.92 bits per heavy atom. The van der Waals surface area contributed by atoms with Crippen molar-refractivity contribution in [1.29, 1.82) is 0 Å². The van der Waals surface area contributed by atoms with Crippen molar-refractivity contribution in [1.82, 2.24) is 0 Å². The Hall–Kier alpha value is 1.11. The molecule has 0 aromatic carbocycles. The van der Waals surface area contributed by atoms with E-state index >= 15 is 0 Å². The van der Waals surface area contributed by atoms with Crippen molar-refractivity contribution in [3.8, 4) is 0 Å². The summed E-state index contributed by atoms with van der Waals surface area (Å²) in [4.78, 5) is 0. The minimum absolute atomic E-state index is 0. The average molecular weight is 257 g/mol. The van der Waals surface area contributed by atoms with Gasteiger partial charge in [0.05, 0.1) is 0 Å². The molecule has 0 fully saturated rings. The molecule has 0 rings (SSSR count). The van der Waals surface area contributed by atoms with E-state index in [2.05, 4.69) is 19.1 Å². The number of rotatable bonds is 2. The number of hydrogen-bond donors (Lipinski definition) is 3. The van der Waals surface area contributed by atoms with E-state index in [1.165, 1.54) is 0 Å². The molecule has 0 spiro atoms. The second kappa shape index (κ2) is 11.2. The molecule has 76 valence electrons. The van der Waals surface area contributed by atoms with Gasteiger partial charge in [-0.15, -0.1) is 0 Å². The van der Waals surface area contributed by atoms with Crippen LogP contribution in [0.15, 0.2) is 0 Å². The molecular weight excluding hydrogens is 245 g/mol. The third kappa shape index (κ3) is 62.0. The Balaban J connectivity index is -0.0000000651. The van der Waals surface area contributed by atoms with E-state index in [-0.39, 0.29) is 31.0 Å². The smallest absolute Gasteiger partial charge is 1.00 e. The number of nitrogens with two attached hydrogens (primary N) is 1. The van der Waals surface area contributed by atoms with E-state index in [0.717, 1.165) is 12.2 Å². The number of thioether (sulfide) groups is 1. The molecule has 0 saturated heterocycles. The molecule has 0 atom stereocenters. The van der Waals surface area contributed by atoms with E-state index < -0.39 is 10.4 Å². The molecule has 0 amide bonds. The number of hydrogen-bond acceptors (Lipinski definition) is 4. The van der Waals surface area contributed by atoms with E-state index in [9.17, 15) is 0 Å². The molecule has 0 heterocycles. The summed E-state index contributed by atoms with van der Waals surface area (Å²) in [5, 5.41) is 0. The van der Waals surface area contributed by atoms with Crippen LogP contribution in [0, 0.1) is 0 Å². The minimum Gasteiger partial charge on any atom is -1.00 e. The number of thiocarbonyl (C=S) groups is 1. The van der Waals surface area contributed by atoms with Gasteiger partial charge in [-0.3, -0.25) is 9.11 Å². The van der Waals surface area contributed by atoms with Crippen molar-refractivity contribution in [2.24, 2.45) is 5.73 Å². The molecular formula is C4H12NNaO4S3. The van der Waals surface area contributed by atoms with Gasteiger partial charge < -0.3 is 7.16 Å². The molecule has 4 N–H and O–H groups in total. The summed E-state index contributed by atoms with van der Waals surface area (Å²) >= 11 is 6.14. The maximum absolute atomic E-state index is 8.74. The summed E-state index contributed by atoms with van der Waals surface area (Å²) in [7, 11) is -4.67. The van der Waals surface area contributed by atoms with Crippen molar-refractivity contribution in [3.63, 3.8) is 0 Å². The average Bonchev–Trinajstić information content (AvgIpc) is 1.79. The van der Waals surface area contributed by atoms with Crippen molar-refractivity contribution in [2.75, 3.05) is 5.75 Å². The SMILES string of the molecule is CCCSC(N)=S.O=S(=O)(O)O.[H-].[Na+]. The Morgan fingerprint density at radius 1 is 1.62 bits per heavy atom. The molecule has 5 nitrogen and oxygen atoms in total. The second-order valence-electron chi connectivity index (χ2n) is 1.62.